The Labute approximate surface area is 109 Å². The second-order valence-electron chi connectivity index (χ2n) is 4.60. The molecule has 1 atom stereocenters. The van der Waals surface area contributed by atoms with Crippen molar-refractivity contribution in [3.05, 3.63) is 42.0 Å². The number of hydrogen-bond donors (Lipinski definition) is 1. The molecule has 2 heterocycles. The summed E-state index contributed by atoms with van der Waals surface area (Å²) in [4.78, 5) is 0. The maximum absolute atomic E-state index is 4.29. The molecule has 4 heteroatoms. The van der Waals surface area contributed by atoms with Crippen molar-refractivity contribution in [3.8, 4) is 0 Å². The van der Waals surface area contributed by atoms with Crippen LogP contribution in [0.5, 0.6) is 0 Å². The van der Waals surface area contributed by atoms with Crippen molar-refractivity contribution < 1.29 is 0 Å². The van der Waals surface area contributed by atoms with Gasteiger partial charge >= 0.3 is 0 Å². The fourth-order valence-electron chi connectivity index (χ4n) is 2.11. The Morgan fingerprint density at radius 2 is 2.17 bits per heavy atom. The van der Waals surface area contributed by atoms with Crippen molar-refractivity contribution in [1.29, 1.82) is 0 Å². The lowest BCUT2D eigenvalue weighted by atomic mass is 10.2. The topological polar surface area (TPSA) is 34.8 Å². The minimum absolute atomic E-state index is 0.412. The molecular weight excluding hydrogens is 224 g/mol. The van der Waals surface area contributed by atoms with E-state index in [1.54, 1.807) is 0 Å². The smallest absolute Gasteiger partial charge is 0.0539 e. The first-order valence-electron chi connectivity index (χ1n) is 6.63. The Balaban J connectivity index is 2.01. The Kier molecular flexibility index (Phi) is 4.20. The first kappa shape index (κ1) is 12.9. The average Bonchev–Trinajstić information content (AvgIpc) is 2.99. The third-order valence-electron chi connectivity index (χ3n) is 3.16. The summed E-state index contributed by atoms with van der Waals surface area (Å²) < 4.78 is 4.17. The fraction of sp³-hybridized carbons (Fsp3) is 0.500. The predicted molar refractivity (Wildman–Crippen MR) is 73.5 cm³/mol. The normalized spacial score (nSPS) is 12.8. The van der Waals surface area contributed by atoms with E-state index >= 15 is 0 Å². The molecule has 4 nitrogen and oxygen atoms in total. The van der Waals surface area contributed by atoms with E-state index in [0.717, 1.165) is 19.6 Å². The molecule has 1 unspecified atom stereocenters. The van der Waals surface area contributed by atoms with E-state index in [9.17, 15) is 0 Å². The summed E-state index contributed by atoms with van der Waals surface area (Å²) in [6.07, 6.45) is 8.38. The van der Waals surface area contributed by atoms with Crippen LogP contribution in [0, 0.1) is 0 Å². The lowest BCUT2D eigenvalue weighted by Gasteiger charge is -2.09. The van der Waals surface area contributed by atoms with Crippen LogP contribution in [0.25, 0.3) is 0 Å². The quantitative estimate of drug-likeness (QED) is 0.849. The third kappa shape index (κ3) is 3.01. The summed E-state index contributed by atoms with van der Waals surface area (Å²) in [6, 6.07) is 2.59. The van der Waals surface area contributed by atoms with Crippen LogP contribution in [-0.4, -0.2) is 20.9 Å². The molecule has 2 aromatic rings. The zero-order chi connectivity index (χ0) is 13.0. The van der Waals surface area contributed by atoms with Crippen LogP contribution in [0.15, 0.2) is 30.9 Å². The molecule has 2 rings (SSSR count). The monoisotopic (exact) mass is 246 g/mol. The Morgan fingerprint density at radius 3 is 2.83 bits per heavy atom. The van der Waals surface area contributed by atoms with E-state index < -0.39 is 0 Å². The molecule has 18 heavy (non-hydrogen) atoms. The van der Waals surface area contributed by atoms with Gasteiger partial charge in [-0.25, -0.2) is 0 Å². The van der Waals surface area contributed by atoms with E-state index in [1.165, 1.54) is 11.1 Å². The van der Waals surface area contributed by atoms with Crippen molar-refractivity contribution in [2.45, 2.75) is 39.9 Å². The molecule has 0 amide bonds. The van der Waals surface area contributed by atoms with Crippen molar-refractivity contribution in [2.75, 3.05) is 6.54 Å². The molecule has 1 N–H and O–H groups in total. The molecule has 0 saturated heterocycles. The molecule has 0 aromatic carbocycles. The SMILES string of the molecule is CCNC(C)c1ccn(Cc2cnn(CC)c2)c1. The van der Waals surface area contributed by atoms with Gasteiger partial charge in [0.15, 0.2) is 0 Å². The maximum Gasteiger partial charge on any atom is 0.0539 e. The number of nitrogens with one attached hydrogen (secondary N) is 1. The largest absolute Gasteiger partial charge is 0.349 e. The highest BCUT2D eigenvalue weighted by molar-refractivity contribution is 5.16. The molecule has 0 aliphatic carbocycles. The van der Waals surface area contributed by atoms with E-state index in [-0.39, 0.29) is 0 Å². The summed E-state index contributed by atoms with van der Waals surface area (Å²) in [6.45, 7) is 9.23. The van der Waals surface area contributed by atoms with Gasteiger partial charge in [0, 0.05) is 36.7 Å². The van der Waals surface area contributed by atoms with Gasteiger partial charge in [-0.15, -0.1) is 0 Å². The number of aryl methyl sites for hydroxylation is 1. The van der Waals surface area contributed by atoms with Crippen molar-refractivity contribution in [3.63, 3.8) is 0 Å². The molecule has 0 aliphatic rings. The molecule has 0 fully saturated rings. The second kappa shape index (κ2) is 5.87. The Bertz CT molecular complexity index is 483. The highest BCUT2D eigenvalue weighted by atomic mass is 15.3. The Morgan fingerprint density at radius 1 is 1.33 bits per heavy atom. The van der Waals surface area contributed by atoms with E-state index in [1.807, 2.05) is 10.9 Å². The summed E-state index contributed by atoms with van der Waals surface area (Å²) in [5, 5.41) is 7.72. The first-order valence-corrected chi connectivity index (χ1v) is 6.63. The van der Waals surface area contributed by atoms with Crippen molar-refractivity contribution in [1.82, 2.24) is 19.7 Å². The third-order valence-corrected chi connectivity index (χ3v) is 3.16. The van der Waals surface area contributed by atoms with Gasteiger partial charge in [-0.1, -0.05) is 6.92 Å². The van der Waals surface area contributed by atoms with Gasteiger partial charge in [0.05, 0.1) is 12.7 Å². The lowest BCUT2D eigenvalue weighted by Crippen LogP contribution is -2.17. The van der Waals surface area contributed by atoms with Crippen LogP contribution in [-0.2, 0) is 13.1 Å². The van der Waals surface area contributed by atoms with Gasteiger partial charge < -0.3 is 9.88 Å². The first-order chi connectivity index (χ1) is 8.72. The second-order valence-corrected chi connectivity index (χ2v) is 4.60. The molecule has 0 aliphatic heterocycles. The zero-order valence-electron chi connectivity index (χ0n) is 11.4. The van der Waals surface area contributed by atoms with Crippen LogP contribution in [0.4, 0.5) is 0 Å². The average molecular weight is 246 g/mol. The molecule has 2 aromatic heterocycles. The van der Waals surface area contributed by atoms with Gasteiger partial charge in [0.2, 0.25) is 0 Å². The highest BCUT2D eigenvalue weighted by Gasteiger charge is 2.06. The van der Waals surface area contributed by atoms with Crippen LogP contribution >= 0.6 is 0 Å². The maximum atomic E-state index is 4.29. The molecular formula is C14H22N4. The molecule has 0 bridgehead atoms. The minimum atomic E-state index is 0.412. The number of nitrogens with zero attached hydrogens (tertiary/aromatic N) is 3. The van der Waals surface area contributed by atoms with Gasteiger partial charge in [-0.2, -0.15) is 5.10 Å². The van der Waals surface area contributed by atoms with Crippen LogP contribution < -0.4 is 5.32 Å². The summed E-state index contributed by atoms with van der Waals surface area (Å²) in [5.41, 5.74) is 2.58. The fourth-order valence-corrected chi connectivity index (χ4v) is 2.11. The van der Waals surface area contributed by atoms with Crippen molar-refractivity contribution in [2.24, 2.45) is 0 Å². The highest BCUT2D eigenvalue weighted by Crippen LogP contribution is 2.13. The predicted octanol–water partition coefficient (Wildman–Crippen LogP) is 2.42. The number of rotatable bonds is 6. The van der Waals surface area contributed by atoms with Crippen LogP contribution in [0.2, 0.25) is 0 Å². The molecule has 0 radical (unpaired) electrons. The lowest BCUT2D eigenvalue weighted by molar-refractivity contribution is 0.596. The van der Waals surface area contributed by atoms with Gasteiger partial charge in [-0.05, 0) is 32.0 Å². The van der Waals surface area contributed by atoms with Crippen LogP contribution in [0.1, 0.15) is 37.9 Å². The van der Waals surface area contributed by atoms with E-state index in [4.69, 9.17) is 0 Å². The summed E-state index contributed by atoms with van der Waals surface area (Å²) >= 11 is 0. The van der Waals surface area contributed by atoms with Gasteiger partial charge in [0.25, 0.3) is 0 Å². The number of hydrogen-bond acceptors (Lipinski definition) is 2. The standard InChI is InChI=1S/C14H22N4/c1-4-15-12(3)14-6-7-17(11-14)9-13-8-16-18(5-2)10-13/h6-8,10-12,15H,4-5,9H2,1-3H3. The van der Waals surface area contributed by atoms with Gasteiger partial charge in [-0.3, -0.25) is 4.68 Å². The van der Waals surface area contributed by atoms with Crippen LogP contribution in [0.3, 0.4) is 0 Å². The van der Waals surface area contributed by atoms with E-state index in [0.29, 0.717) is 6.04 Å². The molecule has 0 saturated carbocycles. The summed E-state index contributed by atoms with van der Waals surface area (Å²) in [5.74, 6) is 0. The van der Waals surface area contributed by atoms with E-state index in [2.05, 4.69) is 60.4 Å². The minimum Gasteiger partial charge on any atom is -0.349 e. The Hall–Kier alpha value is -1.55. The molecule has 98 valence electrons. The van der Waals surface area contributed by atoms with Gasteiger partial charge in [0.1, 0.15) is 0 Å². The zero-order valence-corrected chi connectivity index (χ0v) is 11.4. The van der Waals surface area contributed by atoms with Crippen molar-refractivity contribution >= 4 is 0 Å². The summed E-state index contributed by atoms with van der Waals surface area (Å²) in [7, 11) is 0. The number of aromatic nitrogens is 3. The molecule has 0 spiro atoms.